The maximum absolute atomic E-state index is 12.1. The molecule has 122 valence electrons. The minimum atomic E-state index is 0. The Morgan fingerprint density at radius 2 is 1.68 bits per heavy atom. The van der Waals surface area contributed by atoms with E-state index in [1.807, 2.05) is 0 Å². The Morgan fingerprint density at radius 3 is 2.41 bits per heavy atom. The van der Waals surface area contributed by atoms with Gasteiger partial charge in [-0.2, -0.15) is 0 Å². The smallest absolute Gasteiger partial charge is 0.137 e. The summed E-state index contributed by atoms with van der Waals surface area (Å²) in [5.74, 6) is 0.814. The largest absolute Gasteiger partial charge is 0.369 e. The summed E-state index contributed by atoms with van der Waals surface area (Å²) >= 11 is 0. The van der Waals surface area contributed by atoms with Gasteiger partial charge in [0.25, 0.3) is 0 Å². The molecule has 2 fully saturated rings. The lowest BCUT2D eigenvalue weighted by molar-refractivity contribution is -0.123. The molecule has 1 aromatic carbocycles. The molecule has 3 rings (SSSR count). The van der Waals surface area contributed by atoms with Crippen LogP contribution in [0.25, 0.3) is 0 Å². The number of nitrogens with zero attached hydrogens (tertiary/aromatic N) is 2. The Morgan fingerprint density at radius 1 is 0.955 bits per heavy atom. The second-order valence-electron chi connectivity index (χ2n) is 6.39. The molecule has 1 aliphatic carbocycles. The molecule has 1 aliphatic heterocycles. The normalized spacial score (nSPS) is 23.7. The molecule has 4 heteroatoms. The van der Waals surface area contributed by atoms with E-state index in [-0.39, 0.29) is 17.0 Å². The van der Waals surface area contributed by atoms with Crippen molar-refractivity contribution in [2.75, 3.05) is 37.6 Å². The standard InChI is InChI=1S/C18H26N2O.BrH/c21-18-10-6-1-3-7-16(18)15-19-11-13-20(14-12-19)17-8-4-2-5-9-17;/h2,4-5,8-9,16H,1,3,6-7,10-15H2;1H. The lowest BCUT2D eigenvalue weighted by atomic mass is 9.98. The van der Waals surface area contributed by atoms with E-state index >= 15 is 0 Å². The van der Waals surface area contributed by atoms with Crippen LogP contribution in [0.3, 0.4) is 0 Å². The predicted molar refractivity (Wildman–Crippen MR) is 97.0 cm³/mol. The Labute approximate surface area is 144 Å². The summed E-state index contributed by atoms with van der Waals surface area (Å²) < 4.78 is 0. The maximum atomic E-state index is 12.1. The fourth-order valence-corrected chi connectivity index (χ4v) is 3.56. The summed E-state index contributed by atoms with van der Waals surface area (Å²) in [6.07, 6.45) is 5.51. The highest BCUT2D eigenvalue weighted by molar-refractivity contribution is 8.93. The summed E-state index contributed by atoms with van der Waals surface area (Å²) in [6, 6.07) is 10.6. The van der Waals surface area contributed by atoms with Crippen LogP contribution in [0.1, 0.15) is 32.1 Å². The van der Waals surface area contributed by atoms with Gasteiger partial charge in [0.15, 0.2) is 0 Å². The Hall–Kier alpha value is -0.870. The van der Waals surface area contributed by atoms with Crippen molar-refractivity contribution >= 4 is 28.5 Å². The fourth-order valence-electron chi connectivity index (χ4n) is 3.56. The van der Waals surface area contributed by atoms with Crippen molar-refractivity contribution in [3.8, 4) is 0 Å². The molecule has 1 heterocycles. The predicted octanol–water partition coefficient (Wildman–Crippen LogP) is 3.54. The molecule has 0 bridgehead atoms. The number of piperazine rings is 1. The van der Waals surface area contributed by atoms with Gasteiger partial charge >= 0.3 is 0 Å². The van der Waals surface area contributed by atoms with E-state index in [2.05, 4.69) is 40.1 Å². The van der Waals surface area contributed by atoms with Gasteiger partial charge in [0, 0.05) is 50.7 Å². The number of hydrogen-bond acceptors (Lipinski definition) is 3. The van der Waals surface area contributed by atoms with Crippen LogP contribution in [0.5, 0.6) is 0 Å². The molecule has 22 heavy (non-hydrogen) atoms. The van der Waals surface area contributed by atoms with Crippen LogP contribution >= 0.6 is 17.0 Å². The molecule has 0 radical (unpaired) electrons. The summed E-state index contributed by atoms with van der Waals surface area (Å²) in [4.78, 5) is 17.1. The van der Waals surface area contributed by atoms with Crippen molar-refractivity contribution in [1.82, 2.24) is 4.90 Å². The van der Waals surface area contributed by atoms with Crippen LogP contribution in [0.2, 0.25) is 0 Å². The number of carbonyl (C=O) groups is 1. The number of anilines is 1. The average molecular weight is 367 g/mol. The van der Waals surface area contributed by atoms with Crippen LogP contribution < -0.4 is 4.90 Å². The van der Waals surface area contributed by atoms with Crippen molar-refractivity contribution in [1.29, 1.82) is 0 Å². The molecular formula is C18H27BrN2O. The average Bonchev–Trinajstić information content (AvgIpc) is 2.74. The van der Waals surface area contributed by atoms with Gasteiger partial charge in [-0.15, -0.1) is 17.0 Å². The van der Waals surface area contributed by atoms with Gasteiger partial charge in [0.2, 0.25) is 0 Å². The van der Waals surface area contributed by atoms with E-state index in [4.69, 9.17) is 0 Å². The molecule has 0 amide bonds. The van der Waals surface area contributed by atoms with E-state index < -0.39 is 0 Å². The number of benzene rings is 1. The summed E-state index contributed by atoms with van der Waals surface area (Å²) in [5, 5.41) is 0. The van der Waals surface area contributed by atoms with Gasteiger partial charge in [-0.05, 0) is 25.0 Å². The van der Waals surface area contributed by atoms with E-state index in [0.29, 0.717) is 11.7 Å². The van der Waals surface area contributed by atoms with E-state index in [9.17, 15) is 4.79 Å². The van der Waals surface area contributed by atoms with Gasteiger partial charge in [-0.25, -0.2) is 0 Å². The third kappa shape index (κ3) is 4.56. The first-order valence-corrected chi connectivity index (χ1v) is 8.38. The number of para-hydroxylation sites is 1. The topological polar surface area (TPSA) is 23.6 Å². The van der Waals surface area contributed by atoms with Crippen LogP contribution in [0.4, 0.5) is 5.69 Å². The zero-order valence-electron chi connectivity index (χ0n) is 13.2. The molecule has 1 atom stereocenters. The van der Waals surface area contributed by atoms with E-state index in [0.717, 1.165) is 52.0 Å². The third-order valence-corrected chi connectivity index (χ3v) is 4.90. The Bertz CT molecular complexity index is 457. The molecular weight excluding hydrogens is 340 g/mol. The quantitative estimate of drug-likeness (QED) is 0.764. The van der Waals surface area contributed by atoms with Crippen LogP contribution in [0, 0.1) is 5.92 Å². The minimum absolute atomic E-state index is 0. The number of hydrogen-bond donors (Lipinski definition) is 0. The second-order valence-corrected chi connectivity index (χ2v) is 6.39. The lowest BCUT2D eigenvalue weighted by Crippen LogP contribution is -2.48. The third-order valence-electron chi connectivity index (χ3n) is 4.90. The van der Waals surface area contributed by atoms with Crippen LogP contribution in [-0.2, 0) is 4.79 Å². The van der Waals surface area contributed by atoms with Crippen molar-refractivity contribution in [3.05, 3.63) is 30.3 Å². The zero-order valence-corrected chi connectivity index (χ0v) is 15.0. The first-order chi connectivity index (χ1) is 10.3. The monoisotopic (exact) mass is 366 g/mol. The summed E-state index contributed by atoms with van der Waals surface area (Å²) in [6.45, 7) is 5.30. The minimum Gasteiger partial charge on any atom is -0.369 e. The fraction of sp³-hybridized carbons (Fsp3) is 0.611. The highest BCUT2D eigenvalue weighted by atomic mass is 79.9. The first kappa shape index (κ1) is 17.5. The molecule has 0 aromatic heterocycles. The molecule has 1 saturated carbocycles. The number of Topliss-reactive ketones (excluding diaryl/α,β-unsaturated/α-hetero) is 1. The van der Waals surface area contributed by atoms with E-state index in [1.165, 1.54) is 18.5 Å². The number of rotatable bonds is 3. The highest BCUT2D eigenvalue weighted by Gasteiger charge is 2.25. The molecule has 1 aromatic rings. The highest BCUT2D eigenvalue weighted by Crippen LogP contribution is 2.22. The maximum Gasteiger partial charge on any atom is 0.137 e. The van der Waals surface area contributed by atoms with Gasteiger partial charge in [0.1, 0.15) is 5.78 Å². The van der Waals surface area contributed by atoms with Crippen molar-refractivity contribution in [2.24, 2.45) is 5.92 Å². The molecule has 1 unspecified atom stereocenters. The summed E-state index contributed by atoms with van der Waals surface area (Å²) in [5.41, 5.74) is 1.32. The zero-order chi connectivity index (χ0) is 14.5. The summed E-state index contributed by atoms with van der Waals surface area (Å²) in [7, 11) is 0. The molecule has 0 spiro atoms. The Balaban J connectivity index is 0.00000176. The second kappa shape index (κ2) is 8.68. The van der Waals surface area contributed by atoms with Crippen molar-refractivity contribution < 1.29 is 4.79 Å². The number of carbonyl (C=O) groups excluding carboxylic acids is 1. The van der Waals surface area contributed by atoms with Crippen molar-refractivity contribution in [2.45, 2.75) is 32.1 Å². The van der Waals surface area contributed by atoms with Crippen LogP contribution in [0.15, 0.2) is 30.3 Å². The number of ketones is 1. The van der Waals surface area contributed by atoms with E-state index in [1.54, 1.807) is 0 Å². The van der Waals surface area contributed by atoms with Crippen molar-refractivity contribution in [3.63, 3.8) is 0 Å². The molecule has 2 aliphatic rings. The van der Waals surface area contributed by atoms with Gasteiger partial charge in [0.05, 0.1) is 0 Å². The Kier molecular flexibility index (Phi) is 6.90. The van der Waals surface area contributed by atoms with Gasteiger partial charge in [-0.3, -0.25) is 9.69 Å². The number of halogens is 1. The molecule has 3 nitrogen and oxygen atoms in total. The lowest BCUT2D eigenvalue weighted by Gasteiger charge is -2.37. The van der Waals surface area contributed by atoms with Gasteiger partial charge < -0.3 is 4.90 Å². The van der Waals surface area contributed by atoms with Crippen LogP contribution in [-0.4, -0.2) is 43.4 Å². The van der Waals surface area contributed by atoms with Gasteiger partial charge in [-0.1, -0.05) is 31.0 Å². The molecule has 0 N–H and O–H groups in total. The SMILES string of the molecule is Br.O=C1CCCCCC1CN1CCN(c2ccccc2)CC1. The molecule has 1 saturated heterocycles. The first-order valence-electron chi connectivity index (χ1n) is 8.38.